The van der Waals surface area contributed by atoms with Crippen molar-refractivity contribution < 1.29 is 14.3 Å². The zero-order chi connectivity index (χ0) is 18.2. The van der Waals surface area contributed by atoms with E-state index in [1.165, 1.54) is 5.56 Å². The molecule has 1 aromatic heterocycles. The van der Waals surface area contributed by atoms with Gasteiger partial charge in [-0.05, 0) is 36.2 Å². The number of hydrogen-bond acceptors (Lipinski definition) is 4. The second-order valence-electron chi connectivity index (χ2n) is 5.96. The molecule has 0 aliphatic rings. The molecule has 0 N–H and O–H groups in total. The zero-order valence-electron chi connectivity index (χ0n) is 14.7. The molecule has 1 atom stereocenters. The number of esters is 1. The Labute approximate surface area is 153 Å². The van der Waals surface area contributed by atoms with E-state index in [1.807, 2.05) is 53.2 Å². The summed E-state index contributed by atoms with van der Waals surface area (Å²) in [5, 5.41) is 0. The van der Waals surface area contributed by atoms with E-state index in [0.717, 1.165) is 12.2 Å². The summed E-state index contributed by atoms with van der Waals surface area (Å²) in [5.74, 6) is 0.390. The Kier molecular flexibility index (Phi) is 6.04. The van der Waals surface area contributed by atoms with Crippen LogP contribution >= 0.6 is 0 Å². The summed E-state index contributed by atoms with van der Waals surface area (Å²) in [4.78, 5) is 16.5. The number of benzene rings is 2. The number of imidazole rings is 1. The van der Waals surface area contributed by atoms with Crippen LogP contribution in [0.3, 0.4) is 0 Å². The van der Waals surface area contributed by atoms with Crippen LogP contribution in [0.15, 0.2) is 73.3 Å². The van der Waals surface area contributed by atoms with E-state index in [9.17, 15) is 4.79 Å². The Morgan fingerprint density at radius 1 is 1.12 bits per heavy atom. The van der Waals surface area contributed by atoms with Crippen molar-refractivity contribution in [2.24, 2.45) is 0 Å². The minimum atomic E-state index is -0.428. The Morgan fingerprint density at radius 2 is 1.88 bits per heavy atom. The number of carbonyl (C=O) groups is 1. The summed E-state index contributed by atoms with van der Waals surface area (Å²) in [6.45, 7) is 2.82. The molecule has 134 valence electrons. The minimum absolute atomic E-state index is 0.265. The fourth-order valence-corrected chi connectivity index (χ4v) is 2.56. The van der Waals surface area contributed by atoms with E-state index in [4.69, 9.17) is 9.47 Å². The molecule has 0 radical (unpaired) electrons. The fourth-order valence-electron chi connectivity index (χ4n) is 2.56. The number of aryl methyl sites for hydroxylation is 1. The van der Waals surface area contributed by atoms with Crippen molar-refractivity contribution in [2.45, 2.75) is 26.0 Å². The summed E-state index contributed by atoms with van der Waals surface area (Å²) in [7, 11) is 0. The number of ether oxygens (including phenoxy) is 2. The SMILES string of the molecule is CCc1ccc(C(=O)O[C@@H](COc2ccccc2)Cn2ccnc2)cc1. The Balaban J connectivity index is 1.66. The molecular formula is C21H22N2O3. The molecule has 5 heteroatoms. The molecule has 0 unspecified atom stereocenters. The standard InChI is InChI=1S/C21H22N2O3/c1-2-17-8-10-18(11-9-17)21(24)26-20(14-23-13-12-22-16-23)15-25-19-6-4-3-5-7-19/h3-13,16,20H,2,14-15H2,1H3/t20-/m1/s1. The highest BCUT2D eigenvalue weighted by Gasteiger charge is 2.18. The first-order chi connectivity index (χ1) is 12.7. The van der Waals surface area contributed by atoms with Crippen LogP contribution < -0.4 is 4.74 Å². The number of nitrogens with zero attached hydrogens (tertiary/aromatic N) is 2. The van der Waals surface area contributed by atoms with Gasteiger partial charge in [0.15, 0.2) is 6.10 Å². The van der Waals surface area contributed by atoms with Crippen LogP contribution in [0.4, 0.5) is 0 Å². The molecule has 0 amide bonds. The van der Waals surface area contributed by atoms with Gasteiger partial charge in [-0.1, -0.05) is 37.3 Å². The molecule has 0 saturated heterocycles. The molecule has 5 nitrogen and oxygen atoms in total. The van der Waals surface area contributed by atoms with Crippen LogP contribution in [0.25, 0.3) is 0 Å². The Morgan fingerprint density at radius 3 is 2.54 bits per heavy atom. The lowest BCUT2D eigenvalue weighted by molar-refractivity contribution is 0.0125. The van der Waals surface area contributed by atoms with Gasteiger partial charge in [-0.2, -0.15) is 0 Å². The average molecular weight is 350 g/mol. The zero-order valence-corrected chi connectivity index (χ0v) is 14.7. The molecular weight excluding hydrogens is 328 g/mol. The summed E-state index contributed by atoms with van der Waals surface area (Å²) >= 11 is 0. The van der Waals surface area contributed by atoms with Gasteiger partial charge in [0.1, 0.15) is 12.4 Å². The van der Waals surface area contributed by atoms with E-state index in [-0.39, 0.29) is 12.6 Å². The van der Waals surface area contributed by atoms with E-state index < -0.39 is 6.10 Å². The monoisotopic (exact) mass is 350 g/mol. The number of rotatable bonds is 8. The van der Waals surface area contributed by atoms with Crippen molar-refractivity contribution in [1.82, 2.24) is 9.55 Å². The lowest BCUT2D eigenvalue weighted by Gasteiger charge is -2.19. The normalized spacial score (nSPS) is 11.7. The van der Waals surface area contributed by atoms with Gasteiger partial charge in [0, 0.05) is 12.4 Å². The van der Waals surface area contributed by atoms with Crippen molar-refractivity contribution >= 4 is 5.97 Å². The van der Waals surface area contributed by atoms with Gasteiger partial charge in [-0.15, -0.1) is 0 Å². The molecule has 0 aliphatic heterocycles. The minimum Gasteiger partial charge on any atom is -0.490 e. The summed E-state index contributed by atoms with van der Waals surface area (Å²) in [5.41, 5.74) is 1.72. The molecule has 3 rings (SSSR count). The maximum Gasteiger partial charge on any atom is 0.338 e. The third-order valence-electron chi connectivity index (χ3n) is 4.02. The molecule has 0 spiro atoms. The van der Waals surface area contributed by atoms with Crippen LogP contribution in [0.1, 0.15) is 22.8 Å². The maximum atomic E-state index is 12.5. The molecule has 0 bridgehead atoms. The van der Waals surface area contributed by atoms with Gasteiger partial charge in [0.25, 0.3) is 0 Å². The van der Waals surface area contributed by atoms with Crippen LogP contribution in [0.5, 0.6) is 5.75 Å². The molecule has 0 fully saturated rings. The predicted octanol–water partition coefficient (Wildman–Crippen LogP) is 3.75. The maximum absolute atomic E-state index is 12.5. The first kappa shape index (κ1) is 17.7. The lowest BCUT2D eigenvalue weighted by Crippen LogP contribution is -2.29. The van der Waals surface area contributed by atoms with Gasteiger partial charge < -0.3 is 14.0 Å². The first-order valence-electron chi connectivity index (χ1n) is 8.68. The first-order valence-corrected chi connectivity index (χ1v) is 8.68. The van der Waals surface area contributed by atoms with Crippen molar-refractivity contribution in [1.29, 1.82) is 0 Å². The molecule has 3 aromatic rings. The van der Waals surface area contributed by atoms with Gasteiger partial charge in [-0.25, -0.2) is 9.78 Å². The van der Waals surface area contributed by atoms with E-state index >= 15 is 0 Å². The highest BCUT2D eigenvalue weighted by atomic mass is 16.6. The van der Waals surface area contributed by atoms with Gasteiger partial charge >= 0.3 is 5.97 Å². The van der Waals surface area contributed by atoms with Gasteiger partial charge in [0.05, 0.1) is 18.4 Å². The molecule has 2 aromatic carbocycles. The predicted molar refractivity (Wildman–Crippen MR) is 99.2 cm³/mol. The average Bonchev–Trinajstić information content (AvgIpc) is 3.20. The smallest absolute Gasteiger partial charge is 0.338 e. The number of para-hydroxylation sites is 1. The lowest BCUT2D eigenvalue weighted by atomic mass is 10.1. The summed E-state index contributed by atoms with van der Waals surface area (Å²) in [6, 6.07) is 17.0. The second-order valence-corrected chi connectivity index (χ2v) is 5.96. The largest absolute Gasteiger partial charge is 0.490 e. The summed E-state index contributed by atoms with van der Waals surface area (Å²) in [6.07, 6.45) is 5.73. The molecule has 1 heterocycles. The highest BCUT2D eigenvalue weighted by Crippen LogP contribution is 2.12. The van der Waals surface area contributed by atoms with Crippen molar-refractivity contribution in [3.8, 4) is 5.75 Å². The van der Waals surface area contributed by atoms with Crippen LogP contribution in [0, 0.1) is 0 Å². The quantitative estimate of drug-likeness (QED) is 0.581. The van der Waals surface area contributed by atoms with Gasteiger partial charge in [0.2, 0.25) is 0 Å². The van der Waals surface area contributed by atoms with Crippen molar-refractivity contribution in [3.63, 3.8) is 0 Å². The van der Waals surface area contributed by atoms with E-state index in [0.29, 0.717) is 12.1 Å². The molecule has 0 aliphatic carbocycles. The van der Waals surface area contributed by atoms with Crippen molar-refractivity contribution in [2.75, 3.05) is 6.61 Å². The van der Waals surface area contributed by atoms with Crippen LogP contribution in [-0.4, -0.2) is 28.2 Å². The summed E-state index contributed by atoms with van der Waals surface area (Å²) < 4.78 is 13.3. The Hall–Kier alpha value is -3.08. The van der Waals surface area contributed by atoms with Crippen molar-refractivity contribution in [3.05, 3.63) is 84.4 Å². The van der Waals surface area contributed by atoms with Gasteiger partial charge in [-0.3, -0.25) is 0 Å². The third kappa shape index (κ3) is 4.96. The number of hydrogen-bond donors (Lipinski definition) is 0. The molecule has 26 heavy (non-hydrogen) atoms. The third-order valence-corrected chi connectivity index (χ3v) is 4.02. The number of carbonyl (C=O) groups excluding carboxylic acids is 1. The van der Waals surface area contributed by atoms with Crippen LogP contribution in [0.2, 0.25) is 0 Å². The number of aromatic nitrogens is 2. The van der Waals surface area contributed by atoms with E-state index in [2.05, 4.69) is 11.9 Å². The topological polar surface area (TPSA) is 53.4 Å². The fraction of sp³-hybridized carbons (Fsp3) is 0.238. The second kappa shape index (κ2) is 8.85. The Bertz CT molecular complexity index is 799. The van der Waals surface area contributed by atoms with Crippen LogP contribution in [-0.2, 0) is 17.7 Å². The van der Waals surface area contributed by atoms with E-state index in [1.54, 1.807) is 24.7 Å². The molecule has 0 saturated carbocycles. The highest BCUT2D eigenvalue weighted by molar-refractivity contribution is 5.89.